The average molecular weight is 249 g/mol. The number of hydrogen-bond donors (Lipinski definition) is 1. The zero-order valence-corrected chi connectivity index (χ0v) is 11.2. The van der Waals surface area contributed by atoms with Crippen molar-refractivity contribution in [3.63, 3.8) is 0 Å². The fraction of sp³-hybridized carbons (Fsp3) is 0.533. The largest absolute Gasteiger partial charge is 0.349 e. The Morgan fingerprint density at radius 1 is 1.44 bits per heavy atom. The molecule has 98 valence electrons. The van der Waals surface area contributed by atoms with Crippen molar-refractivity contribution in [1.29, 1.82) is 0 Å². The number of rotatable bonds is 2. The summed E-state index contributed by atoms with van der Waals surface area (Å²) >= 11 is 0. The second-order valence-electron chi connectivity index (χ2n) is 6.04. The molecule has 1 fully saturated rings. The van der Waals surface area contributed by atoms with E-state index in [1.807, 2.05) is 0 Å². The van der Waals surface area contributed by atoms with Crippen LogP contribution in [0.15, 0.2) is 18.2 Å². The van der Waals surface area contributed by atoms with Crippen molar-refractivity contribution in [1.82, 2.24) is 5.32 Å². The van der Waals surface area contributed by atoms with Gasteiger partial charge in [0.15, 0.2) is 0 Å². The number of nitrogens with one attached hydrogen (secondary N) is 1. The number of hydrogen-bond acceptors (Lipinski definition) is 1. The second kappa shape index (κ2) is 4.71. The van der Waals surface area contributed by atoms with Crippen LogP contribution >= 0.6 is 0 Å². The molecule has 0 heterocycles. The van der Waals surface area contributed by atoms with E-state index in [4.69, 9.17) is 0 Å². The Kier molecular flexibility index (Phi) is 3.42. The second-order valence-corrected chi connectivity index (χ2v) is 6.04. The van der Waals surface area contributed by atoms with Crippen LogP contribution in [0.5, 0.6) is 0 Å². The zero-order chi connectivity index (χ0) is 13.3. The summed E-state index contributed by atoms with van der Waals surface area (Å²) in [5, 5.41) is 2.99. The summed E-state index contributed by atoms with van der Waals surface area (Å²) in [4.78, 5) is 12.0. The van der Waals surface area contributed by atoms with E-state index in [1.54, 1.807) is 19.1 Å². The van der Waals surface area contributed by atoms with E-state index in [0.717, 1.165) is 19.3 Å². The number of amides is 1. The lowest BCUT2D eigenvalue weighted by Gasteiger charge is -2.18. The molecule has 0 bridgehead atoms. The van der Waals surface area contributed by atoms with Crippen LogP contribution in [-0.4, -0.2) is 11.9 Å². The van der Waals surface area contributed by atoms with Crippen molar-refractivity contribution < 1.29 is 9.18 Å². The van der Waals surface area contributed by atoms with E-state index >= 15 is 0 Å². The average Bonchev–Trinajstić information content (AvgIpc) is 2.62. The van der Waals surface area contributed by atoms with E-state index in [1.165, 1.54) is 6.07 Å². The Labute approximate surface area is 108 Å². The topological polar surface area (TPSA) is 29.1 Å². The predicted molar refractivity (Wildman–Crippen MR) is 70.0 cm³/mol. The molecule has 1 aliphatic rings. The summed E-state index contributed by atoms with van der Waals surface area (Å²) in [7, 11) is 0. The smallest absolute Gasteiger partial charge is 0.251 e. The van der Waals surface area contributed by atoms with Gasteiger partial charge in [0.2, 0.25) is 0 Å². The molecule has 2 rings (SSSR count). The summed E-state index contributed by atoms with van der Waals surface area (Å²) in [6.07, 6.45) is 3.13. The molecule has 1 unspecified atom stereocenters. The van der Waals surface area contributed by atoms with Crippen molar-refractivity contribution >= 4 is 5.91 Å². The highest BCUT2D eigenvalue weighted by atomic mass is 19.1. The highest BCUT2D eigenvalue weighted by Gasteiger charge is 2.31. The molecule has 0 radical (unpaired) electrons. The SMILES string of the molecule is Cc1ccc(C(=O)NC2CCC(C)(C)C2)cc1F. The Hall–Kier alpha value is -1.38. The number of halogens is 1. The standard InChI is InChI=1S/C15H20FNO/c1-10-4-5-11(8-13(10)16)14(18)17-12-6-7-15(2,3)9-12/h4-5,8,12H,6-7,9H2,1-3H3,(H,17,18). The van der Waals surface area contributed by atoms with E-state index < -0.39 is 0 Å². The lowest BCUT2D eigenvalue weighted by molar-refractivity contribution is 0.0935. The summed E-state index contributed by atoms with van der Waals surface area (Å²) < 4.78 is 13.4. The zero-order valence-electron chi connectivity index (χ0n) is 11.2. The maximum Gasteiger partial charge on any atom is 0.251 e. The van der Waals surface area contributed by atoms with Gasteiger partial charge in [0.25, 0.3) is 5.91 Å². The highest BCUT2D eigenvalue weighted by molar-refractivity contribution is 5.94. The van der Waals surface area contributed by atoms with Crippen molar-refractivity contribution in [2.45, 2.75) is 46.1 Å². The van der Waals surface area contributed by atoms with Gasteiger partial charge in [0.1, 0.15) is 5.82 Å². The molecule has 1 saturated carbocycles. The number of aryl methyl sites for hydroxylation is 1. The lowest BCUT2D eigenvalue weighted by atomic mass is 9.92. The maximum atomic E-state index is 13.4. The van der Waals surface area contributed by atoms with Crippen molar-refractivity contribution in [2.75, 3.05) is 0 Å². The van der Waals surface area contributed by atoms with Gasteiger partial charge in [0, 0.05) is 11.6 Å². The quantitative estimate of drug-likeness (QED) is 0.854. The third-order valence-electron chi connectivity index (χ3n) is 3.74. The first-order valence-corrected chi connectivity index (χ1v) is 6.44. The molecular weight excluding hydrogens is 229 g/mol. The third kappa shape index (κ3) is 2.89. The van der Waals surface area contributed by atoms with Crippen LogP contribution in [0.25, 0.3) is 0 Å². The van der Waals surface area contributed by atoms with Gasteiger partial charge in [-0.2, -0.15) is 0 Å². The minimum atomic E-state index is -0.325. The normalized spacial score (nSPS) is 21.9. The Balaban J connectivity index is 2.02. The molecule has 1 aromatic carbocycles. The molecule has 1 atom stereocenters. The summed E-state index contributed by atoms with van der Waals surface area (Å²) in [6.45, 7) is 6.12. The van der Waals surface area contributed by atoms with Gasteiger partial charge in [-0.3, -0.25) is 4.79 Å². The summed E-state index contributed by atoms with van der Waals surface area (Å²) in [5.41, 5.74) is 1.27. The van der Waals surface area contributed by atoms with Gasteiger partial charge in [-0.15, -0.1) is 0 Å². The fourth-order valence-electron chi connectivity index (χ4n) is 2.56. The molecule has 0 aromatic heterocycles. The maximum absolute atomic E-state index is 13.4. The van der Waals surface area contributed by atoms with Gasteiger partial charge in [0.05, 0.1) is 0 Å². The fourth-order valence-corrected chi connectivity index (χ4v) is 2.56. The molecule has 0 aliphatic heterocycles. The molecule has 2 nitrogen and oxygen atoms in total. The highest BCUT2D eigenvalue weighted by Crippen LogP contribution is 2.36. The Morgan fingerprint density at radius 3 is 2.72 bits per heavy atom. The van der Waals surface area contributed by atoms with E-state index in [2.05, 4.69) is 19.2 Å². The third-order valence-corrected chi connectivity index (χ3v) is 3.74. The van der Waals surface area contributed by atoms with E-state index in [-0.39, 0.29) is 17.8 Å². The van der Waals surface area contributed by atoms with Crippen LogP contribution in [-0.2, 0) is 0 Å². The van der Waals surface area contributed by atoms with Gasteiger partial charge < -0.3 is 5.32 Å². The summed E-state index contributed by atoms with van der Waals surface area (Å²) in [5.74, 6) is -0.494. The Bertz CT molecular complexity index is 468. The van der Waals surface area contributed by atoms with Gasteiger partial charge in [-0.1, -0.05) is 19.9 Å². The molecule has 0 spiro atoms. The van der Waals surface area contributed by atoms with Crippen LogP contribution in [0.1, 0.15) is 49.0 Å². The Morgan fingerprint density at radius 2 is 2.17 bits per heavy atom. The number of benzene rings is 1. The van der Waals surface area contributed by atoms with Crippen molar-refractivity contribution in [3.05, 3.63) is 35.1 Å². The van der Waals surface area contributed by atoms with E-state index in [0.29, 0.717) is 16.5 Å². The first-order chi connectivity index (χ1) is 8.37. The van der Waals surface area contributed by atoms with Gasteiger partial charge >= 0.3 is 0 Å². The first kappa shape index (κ1) is 13.1. The molecule has 1 N–H and O–H groups in total. The first-order valence-electron chi connectivity index (χ1n) is 6.44. The van der Waals surface area contributed by atoms with Crippen LogP contribution in [0.4, 0.5) is 4.39 Å². The molecule has 0 saturated heterocycles. The molecule has 1 aliphatic carbocycles. The van der Waals surface area contributed by atoms with Crippen LogP contribution in [0.2, 0.25) is 0 Å². The van der Waals surface area contributed by atoms with Crippen molar-refractivity contribution in [3.8, 4) is 0 Å². The molecular formula is C15H20FNO. The van der Waals surface area contributed by atoms with Gasteiger partial charge in [-0.25, -0.2) is 4.39 Å². The van der Waals surface area contributed by atoms with Crippen LogP contribution in [0, 0.1) is 18.2 Å². The molecule has 3 heteroatoms. The van der Waals surface area contributed by atoms with Crippen LogP contribution < -0.4 is 5.32 Å². The minimum absolute atomic E-state index is 0.170. The number of carbonyl (C=O) groups is 1. The van der Waals surface area contributed by atoms with Crippen molar-refractivity contribution in [2.24, 2.45) is 5.41 Å². The van der Waals surface area contributed by atoms with E-state index in [9.17, 15) is 9.18 Å². The van der Waals surface area contributed by atoms with Gasteiger partial charge in [-0.05, 0) is 49.3 Å². The minimum Gasteiger partial charge on any atom is -0.349 e. The lowest BCUT2D eigenvalue weighted by Crippen LogP contribution is -2.33. The monoisotopic (exact) mass is 249 g/mol. The van der Waals surface area contributed by atoms with Crippen LogP contribution in [0.3, 0.4) is 0 Å². The summed E-state index contributed by atoms with van der Waals surface area (Å²) in [6, 6.07) is 4.85. The molecule has 1 aromatic rings. The predicted octanol–water partition coefficient (Wildman–Crippen LogP) is 3.44. The number of carbonyl (C=O) groups excluding carboxylic acids is 1. The molecule has 1 amide bonds. The molecule has 18 heavy (non-hydrogen) atoms.